The zero-order chi connectivity index (χ0) is 37.3. The lowest BCUT2D eigenvalue weighted by Crippen LogP contribution is -2.37. The predicted molar refractivity (Wildman–Crippen MR) is 211 cm³/mol. The summed E-state index contributed by atoms with van der Waals surface area (Å²) in [5.74, 6) is 1.60. The molecule has 0 spiro atoms. The van der Waals surface area contributed by atoms with Crippen molar-refractivity contribution >= 4 is 48.1 Å². The van der Waals surface area contributed by atoms with Crippen LogP contribution in [0.15, 0.2) is 191 Å². The molecule has 0 radical (unpaired) electrons. The van der Waals surface area contributed by atoms with Crippen LogP contribution >= 0.6 is 0 Å². The highest BCUT2D eigenvalue weighted by Gasteiger charge is 2.46. The fourth-order valence-corrected chi connectivity index (χ4v) is 7.80. The van der Waals surface area contributed by atoms with Gasteiger partial charge in [-0.3, -0.25) is 14.4 Å². The Kier molecular flexibility index (Phi) is 8.80. The molecule has 3 aromatic heterocycles. The number of fused-ring (bicyclic) bond motifs is 3. The lowest BCUT2D eigenvalue weighted by molar-refractivity contribution is 0.311. The molecule has 10 heteroatoms. The summed E-state index contributed by atoms with van der Waals surface area (Å²) in [6.45, 7) is 0. The van der Waals surface area contributed by atoms with Crippen LogP contribution in [0.25, 0.3) is 66.9 Å². The van der Waals surface area contributed by atoms with Gasteiger partial charge in [0, 0.05) is 34.9 Å². The standard InChI is InChI=1S/3C15H10O3.Al/c3*16-11-7-4-8-13-15(11)12(17)9-14(18-13)10-5-2-1-3-6-10;/h3*1-9,16H;/q;;;+3/p-3. The summed E-state index contributed by atoms with van der Waals surface area (Å²) in [6.07, 6.45) is 0. The van der Waals surface area contributed by atoms with Crippen LogP contribution in [-0.2, 0) is 0 Å². The van der Waals surface area contributed by atoms with Gasteiger partial charge in [-0.1, -0.05) is 109 Å². The van der Waals surface area contributed by atoms with Gasteiger partial charge in [0.15, 0.2) is 16.3 Å². The van der Waals surface area contributed by atoms with Crippen LogP contribution in [0.3, 0.4) is 0 Å². The molecule has 3 heterocycles. The van der Waals surface area contributed by atoms with Crippen molar-refractivity contribution in [2.75, 3.05) is 0 Å². The minimum Gasteiger partial charge on any atom is -0.577 e. The van der Waals surface area contributed by atoms with Crippen molar-refractivity contribution in [1.82, 2.24) is 0 Å². The molecule has 0 atom stereocenters. The van der Waals surface area contributed by atoms with Crippen LogP contribution in [-0.4, -0.2) is 15.1 Å². The Balaban J connectivity index is 1.15. The highest BCUT2D eigenvalue weighted by atomic mass is 27.3. The maximum Gasteiger partial charge on any atom is 1.20 e. The number of benzene rings is 6. The van der Waals surface area contributed by atoms with Crippen LogP contribution in [0.5, 0.6) is 17.2 Å². The molecule has 55 heavy (non-hydrogen) atoms. The van der Waals surface area contributed by atoms with E-state index in [4.69, 9.17) is 24.6 Å². The van der Waals surface area contributed by atoms with Crippen LogP contribution in [0, 0.1) is 0 Å². The highest BCUT2D eigenvalue weighted by Crippen LogP contribution is 2.33. The van der Waals surface area contributed by atoms with Crippen molar-refractivity contribution in [2.24, 2.45) is 0 Å². The van der Waals surface area contributed by atoms with E-state index in [-0.39, 0.29) is 66.4 Å². The van der Waals surface area contributed by atoms with Gasteiger partial charge in [-0.25, -0.2) is 0 Å². The Hall–Kier alpha value is -7.12. The van der Waals surface area contributed by atoms with Gasteiger partial charge in [0.05, 0.1) is 0 Å². The van der Waals surface area contributed by atoms with Crippen molar-refractivity contribution < 1.29 is 24.6 Å². The molecule has 0 saturated carbocycles. The highest BCUT2D eigenvalue weighted by molar-refractivity contribution is 6.40. The lowest BCUT2D eigenvalue weighted by Gasteiger charge is -2.19. The molecule has 0 aliphatic rings. The average molecular weight is 739 g/mol. The summed E-state index contributed by atoms with van der Waals surface area (Å²) in [5.41, 5.74) is 2.04. The monoisotopic (exact) mass is 738 g/mol. The summed E-state index contributed by atoms with van der Waals surface area (Å²) in [7, 11) is 0. The van der Waals surface area contributed by atoms with Gasteiger partial charge in [0.1, 0.15) is 67.4 Å². The van der Waals surface area contributed by atoms with Crippen molar-refractivity contribution in [3.8, 4) is 51.2 Å². The van der Waals surface area contributed by atoms with E-state index >= 15 is 0 Å². The van der Waals surface area contributed by atoms with Gasteiger partial charge in [0.25, 0.3) is 0 Å². The van der Waals surface area contributed by atoms with Gasteiger partial charge >= 0.3 is 15.1 Å². The summed E-state index contributed by atoms with van der Waals surface area (Å²) < 4.78 is 38.0. The quantitative estimate of drug-likeness (QED) is 0.133. The van der Waals surface area contributed by atoms with E-state index in [9.17, 15) is 14.4 Å². The average Bonchev–Trinajstić information content (AvgIpc) is 3.21. The largest absolute Gasteiger partial charge is 1.20 e. The minimum atomic E-state index is -3.56. The SMILES string of the molecule is O=c1cc(-c2ccccc2)oc2cccc([O][Al]([O]c3cccc4oc(-c5ccccc5)cc(=O)c34)[O]c3cccc4oc(-c5ccccc5)cc(=O)c34)c12. The first-order valence-corrected chi connectivity index (χ1v) is 18.8. The Morgan fingerprint density at radius 1 is 0.345 bits per heavy atom. The smallest absolute Gasteiger partial charge is 0.577 e. The molecular weight excluding hydrogens is 711 g/mol. The van der Waals surface area contributed by atoms with E-state index in [1.165, 1.54) is 18.2 Å². The number of hydrogen-bond donors (Lipinski definition) is 0. The minimum absolute atomic E-state index is 0.139. The molecular formula is C45H27AlO9. The lowest BCUT2D eigenvalue weighted by atomic mass is 10.1. The molecule has 6 aromatic carbocycles. The molecule has 264 valence electrons. The zero-order valence-corrected chi connectivity index (χ0v) is 30.0. The summed E-state index contributed by atoms with van der Waals surface area (Å²) in [4.78, 5) is 41.1. The Bertz CT molecular complexity index is 2700. The van der Waals surface area contributed by atoms with Gasteiger partial charge < -0.3 is 24.6 Å². The van der Waals surface area contributed by atoms with E-state index in [0.717, 1.165) is 16.7 Å². The maximum absolute atomic E-state index is 13.7. The molecule has 0 N–H and O–H groups in total. The second-order valence-electron chi connectivity index (χ2n) is 12.6. The molecule has 0 aliphatic heterocycles. The van der Waals surface area contributed by atoms with Gasteiger partial charge in [-0.05, 0) is 36.4 Å². The van der Waals surface area contributed by atoms with Crippen molar-refractivity contribution in [3.05, 3.63) is 194 Å². The third-order valence-corrected chi connectivity index (χ3v) is 10.3. The number of rotatable bonds is 9. The fraction of sp³-hybridized carbons (Fsp3) is 0. The third kappa shape index (κ3) is 6.68. The first kappa shape index (κ1) is 33.7. The van der Waals surface area contributed by atoms with Gasteiger partial charge in [0.2, 0.25) is 0 Å². The van der Waals surface area contributed by atoms with Crippen molar-refractivity contribution in [2.45, 2.75) is 0 Å². The van der Waals surface area contributed by atoms with Gasteiger partial charge in [-0.15, -0.1) is 0 Å². The van der Waals surface area contributed by atoms with Crippen LogP contribution in [0.2, 0.25) is 0 Å². The zero-order valence-electron chi connectivity index (χ0n) is 28.8. The third-order valence-electron chi connectivity index (χ3n) is 8.99. The molecule has 0 fully saturated rings. The second kappa shape index (κ2) is 14.4. The molecule has 0 aliphatic carbocycles. The van der Waals surface area contributed by atoms with Crippen molar-refractivity contribution in [3.63, 3.8) is 0 Å². The van der Waals surface area contributed by atoms with Crippen molar-refractivity contribution in [1.29, 1.82) is 0 Å². The van der Waals surface area contributed by atoms with E-state index in [1.54, 1.807) is 54.6 Å². The summed E-state index contributed by atoms with van der Waals surface area (Å²) >= 11 is -3.56. The van der Waals surface area contributed by atoms with Gasteiger partial charge in [-0.2, -0.15) is 0 Å². The van der Waals surface area contributed by atoms with Crippen LogP contribution in [0.4, 0.5) is 0 Å². The summed E-state index contributed by atoms with van der Waals surface area (Å²) in [6, 6.07) is 47.0. The van der Waals surface area contributed by atoms with E-state index in [0.29, 0.717) is 17.3 Å². The molecule has 9 nitrogen and oxygen atoms in total. The van der Waals surface area contributed by atoms with E-state index in [2.05, 4.69) is 0 Å². The second-order valence-corrected chi connectivity index (χ2v) is 13.8. The molecule has 0 amide bonds. The predicted octanol–water partition coefficient (Wildman–Crippen LogP) is 9.53. The molecule has 0 saturated heterocycles. The fourth-order valence-electron chi connectivity index (χ4n) is 6.45. The van der Waals surface area contributed by atoms with E-state index < -0.39 is 15.1 Å². The molecule has 0 bridgehead atoms. The first-order valence-electron chi connectivity index (χ1n) is 17.4. The summed E-state index contributed by atoms with van der Waals surface area (Å²) in [5, 5.41) is 0.505. The normalized spacial score (nSPS) is 11.1. The van der Waals surface area contributed by atoms with Crippen LogP contribution < -0.4 is 27.7 Å². The molecule has 9 rings (SSSR count). The first-order chi connectivity index (χ1) is 27.0. The Morgan fingerprint density at radius 3 is 0.927 bits per heavy atom. The Labute approximate surface area is 317 Å². The van der Waals surface area contributed by atoms with E-state index in [1.807, 2.05) is 91.0 Å². The molecule has 0 unspecified atom stereocenters. The van der Waals surface area contributed by atoms with Crippen LogP contribution in [0.1, 0.15) is 0 Å². The molecule has 9 aromatic rings. The maximum atomic E-state index is 13.7. The Morgan fingerprint density at radius 2 is 0.636 bits per heavy atom. The topological polar surface area (TPSA) is 118 Å². The number of hydrogen-bond acceptors (Lipinski definition) is 9.